The molecule has 2 rings (SSSR count). The Labute approximate surface area is 114 Å². The normalized spacial score (nSPS) is 25.2. The molecule has 19 heavy (non-hydrogen) atoms. The van der Waals surface area contributed by atoms with Gasteiger partial charge in [-0.05, 0) is 31.2 Å². The summed E-state index contributed by atoms with van der Waals surface area (Å²) < 4.78 is 0. The molecule has 4 heteroatoms. The SMILES string of the molecule is CCC1(c2ccccc2)CCCC/C1=N/NC(N)=O. The molecule has 1 fully saturated rings. The number of urea groups is 1. The fourth-order valence-corrected chi connectivity index (χ4v) is 3.04. The molecule has 1 atom stereocenters. The Morgan fingerprint density at radius 2 is 2.11 bits per heavy atom. The van der Waals surface area contributed by atoms with Crippen LogP contribution in [0, 0.1) is 0 Å². The number of nitrogens with two attached hydrogens (primary N) is 1. The summed E-state index contributed by atoms with van der Waals surface area (Å²) in [6.45, 7) is 2.18. The summed E-state index contributed by atoms with van der Waals surface area (Å²) in [5.41, 5.74) is 9.80. The van der Waals surface area contributed by atoms with Gasteiger partial charge in [-0.2, -0.15) is 5.10 Å². The first-order valence-corrected chi connectivity index (χ1v) is 6.87. The van der Waals surface area contributed by atoms with Gasteiger partial charge in [-0.15, -0.1) is 0 Å². The molecular formula is C15H21N3O. The third kappa shape index (κ3) is 2.78. The minimum absolute atomic E-state index is 0.0536. The van der Waals surface area contributed by atoms with Gasteiger partial charge in [0.05, 0.1) is 0 Å². The lowest BCUT2D eigenvalue weighted by molar-refractivity contribution is 0.249. The van der Waals surface area contributed by atoms with Gasteiger partial charge in [-0.3, -0.25) is 0 Å². The average Bonchev–Trinajstić information content (AvgIpc) is 2.46. The molecular weight excluding hydrogens is 238 g/mol. The summed E-state index contributed by atoms with van der Waals surface area (Å²) in [6, 6.07) is 9.83. The van der Waals surface area contributed by atoms with Crippen LogP contribution in [0.3, 0.4) is 0 Å². The van der Waals surface area contributed by atoms with E-state index in [0.717, 1.165) is 31.4 Å². The van der Waals surface area contributed by atoms with E-state index in [2.05, 4.69) is 41.7 Å². The quantitative estimate of drug-likeness (QED) is 0.805. The molecule has 4 nitrogen and oxygen atoms in total. The number of nitrogens with one attached hydrogen (secondary N) is 1. The molecule has 1 saturated carbocycles. The largest absolute Gasteiger partial charge is 0.350 e. The Morgan fingerprint density at radius 1 is 1.37 bits per heavy atom. The third-order valence-corrected chi connectivity index (χ3v) is 4.05. The van der Waals surface area contributed by atoms with Crippen molar-refractivity contribution in [2.75, 3.05) is 0 Å². The van der Waals surface area contributed by atoms with Crippen LogP contribution in [0.2, 0.25) is 0 Å². The van der Waals surface area contributed by atoms with E-state index < -0.39 is 6.03 Å². The molecule has 2 amide bonds. The Hall–Kier alpha value is -1.84. The van der Waals surface area contributed by atoms with Gasteiger partial charge in [-0.1, -0.05) is 43.7 Å². The maximum atomic E-state index is 10.9. The Bertz CT molecular complexity index is 470. The molecule has 0 aromatic heterocycles. The highest BCUT2D eigenvalue weighted by Crippen LogP contribution is 2.40. The predicted octanol–water partition coefficient (Wildman–Crippen LogP) is 2.93. The second-order valence-electron chi connectivity index (χ2n) is 5.04. The van der Waals surface area contributed by atoms with Crippen LogP contribution in [0.25, 0.3) is 0 Å². The van der Waals surface area contributed by atoms with E-state index in [1.54, 1.807) is 0 Å². The zero-order chi connectivity index (χ0) is 13.7. The van der Waals surface area contributed by atoms with E-state index in [1.165, 1.54) is 12.0 Å². The van der Waals surface area contributed by atoms with Crippen molar-refractivity contribution in [3.8, 4) is 0 Å². The van der Waals surface area contributed by atoms with Crippen LogP contribution in [-0.4, -0.2) is 11.7 Å². The molecule has 3 N–H and O–H groups in total. The van der Waals surface area contributed by atoms with E-state index in [9.17, 15) is 4.79 Å². The summed E-state index contributed by atoms with van der Waals surface area (Å²) in [6.07, 6.45) is 5.29. The lowest BCUT2D eigenvalue weighted by Crippen LogP contribution is -2.40. The van der Waals surface area contributed by atoms with E-state index in [-0.39, 0.29) is 5.41 Å². The first kappa shape index (κ1) is 13.6. The smallest absolute Gasteiger partial charge is 0.332 e. The standard InChI is InChI=1S/C15H21N3O/c1-2-15(12-8-4-3-5-9-12)11-7-6-10-13(15)17-18-14(16)19/h3-5,8-9H,2,6-7,10-11H2,1H3,(H3,16,18,19)/b17-13-. The van der Waals surface area contributed by atoms with Crippen LogP contribution in [0.5, 0.6) is 0 Å². The summed E-state index contributed by atoms with van der Waals surface area (Å²) in [5.74, 6) is 0. The van der Waals surface area contributed by atoms with Gasteiger partial charge in [0.2, 0.25) is 0 Å². The van der Waals surface area contributed by atoms with Crippen LogP contribution in [-0.2, 0) is 5.41 Å². The number of carbonyl (C=O) groups is 1. The summed E-state index contributed by atoms with van der Waals surface area (Å²) in [5, 5.41) is 4.28. The first-order valence-electron chi connectivity index (χ1n) is 6.87. The number of hydrazone groups is 1. The molecule has 0 spiro atoms. The van der Waals surface area contributed by atoms with Gasteiger partial charge in [0.1, 0.15) is 0 Å². The Morgan fingerprint density at radius 3 is 2.74 bits per heavy atom. The van der Waals surface area contributed by atoms with Crippen molar-refractivity contribution in [3.05, 3.63) is 35.9 Å². The lowest BCUT2D eigenvalue weighted by Gasteiger charge is -2.38. The first-order chi connectivity index (χ1) is 9.19. The average molecular weight is 259 g/mol. The highest BCUT2D eigenvalue weighted by Gasteiger charge is 2.37. The van der Waals surface area contributed by atoms with Gasteiger partial charge < -0.3 is 5.73 Å². The highest BCUT2D eigenvalue weighted by atomic mass is 16.2. The number of nitrogens with zero attached hydrogens (tertiary/aromatic N) is 1. The fraction of sp³-hybridized carbons (Fsp3) is 0.467. The zero-order valence-electron chi connectivity index (χ0n) is 11.4. The maximum absolute atomic E-state index is 10.9. The molecule has 0 aliphatic heterocycles. The van der Waals surface area contributed by atoms with E-state index in [4.69, 9.17) is 5.73 Å². The molecule has 102 valence electrons. The molecule has 1 aliphatic rings. The monoisotopic (exact) mass is 259 g/mol. The predicted molar refractivity (Wildman–Crippen MR) is 77.0 cm³/mol. The van der Waals surface area contributed by atoms with Gasteiger partial charge in [0.25, 0.3) is 0 Å². The van der Waals surface area contributed by atoms with Gasteiger partial charge in [-0.25, -0.2) is 10.2 Å². The molecule has 1 unspecified atom stereocenters. The fourth-order valence-electron chi connectivity index (χ4n) is 3.04. The molecule has 0 heterocycles. The van der Waals surface area contributed by atoms with Crippen molar-refractivity contribution in [1.29, 1.82) is 0 Å². The third-order valence-electron chi connectivity index (χ3n) is 4.05. The Balaban J connectivity index is 2.39. The van der Waals surface area contributed by atoms with E-state index in [1.807, 2.05) is 6.07 Å². The topological polar surface area (TPSA) is 67.5 Å². The Kier molecular flexibility index (Phi) is 4.20. The molecule has 1 aliphatic carbocycles. The molecule has 0 saturated heterocycles. The van der Waals surface area contributed by atoms with Crippen LogP contribution in [0.15, 0.2) is 35.4 Å². The number of benzene rings is 1. The lowest BCUT2D eigenvalue weighted by atomic mass is 9.66. The molecule has 0 bridgehead atoms. The van der Waals surface area contributed by atoms with Crippen LogP contribution in [0.4, 0.5) is 4.79 Å². The highest BCUT2D eigenvalue weighted by molar-refractivity contribution is 5.96. The van der Waals surface area contributed by atoms with Crippen molar-refractivity contribution in [2.24, 2.45) is 10.8 Å². The van der Waals surface area contributed by atoms with Crippen molar-refractivity contribution in [2.45, 2.75) is 44.4 Å². The zero-order valence-corrected chi connectivity index (χ0v) is 11.4. The summed E-state index contributed by atoms with van der Waals surface area (Å²) >= 11 is 0. The van der Waals surface area contributed by atoms with Crippen molar-refractivity contribution < 1.29 is 4.79 Å². The van der Waals surface area contributed by atoms with E-state index >= 15 is 0 Å². The van der Waals surface area contributed by atoms with Crippen LogP contribution in [0.1, 0.15) is 44.6 Å². The number of hydrogen-bond acceptors (Lipinski definition) is 2. The molecule has 1 aromatic carbocycles. The number of amides is 2. The number of primary amides is 1. The maximum Gasteiger partial charge on any atom is 0.332 e. The van der Waals surface area contributed by atoms with Gasteiger partial charge >= 0.3 is 6.03 Å². The van der Waals surface area contributed by atoms with Crippen molar-refractivity contribution in [1.82, 2.24) is 5.43 Å². The van der Waals surface area contributed by atoms with Crippen LogP contribution < -0.4 is 11.2 Å². The van der Waals surface area contributed by atoms with Crippen molar-refractivity contribution in [3.63, 3.8) is 0 Å². The second-order valence-corrected chi connectivity index (χ2v) is 5.04. The molecule has 0 radical (unpaired) electrons. The van der Waals surface area contributed by atoms with Crippen LogP contribution >= 0.6 is 0 Å². The number of carbonyl (C=O) groups excluding carboxylic acids is 1. The number of hydrogen-bond donors (Lipinski definition) is 2. The summed E-state index contributed by atoms with van der Waals surface area (Å²) in [4.78, 5) is 10.9. The van der Waals surface area contributed by atoms with Gasteiger partial charge in [0, 0.05) is 11.1 Å². The second kappa shape index (κ2) is 5.87. The minimum atomic E-state index is -0.601. The minimum Gasteiger partial charge on any atom is -0.350 e. The van der Waals surface area contributed by atoms with Gasteiger partial charge in [0.15, 0.2) is 0 Å². The molecule has 1 aromatic rings. The van der Waals surface area contributed by atoms with E-state index in [0.29, 0.717) is 0 Å². The number of rotatable bonds is 3. The summed E-state index contributed by atoms with van der Waals surface area (Å²) in [7, 11) is 0. The van der Waals surface area contributed by atoms with Crippen molar-refractivity contribution >= 4 is 11.7 Å².